The second kappa shape index (κ2) is 7.44. The van der Waals surface area contributed by atoms with Gasteiger partial charge in [-0.15, -0.1) is 5.10 Å². The molecule has 3 rings (SSSR count). The van der Waals surface area contributed by atoms with Gasteiger partial charge in [-0.25, -0.2) is 4.68 Å². The van der Waals surface area contributed by atoms with E-state index < -0.39 is 0 Å². The van der Waals surface area contributed by atoms with Crippen molar-refractivity contribution in [1.29, 1.82) is 0 Å². The van der Waals surface area contributed by atoms with Crippen molar-refractivity contribution in [2.45, 2.75) is 20.1 Å². The first-order valence-corrected chi connectivity index (χ1v) is 8.15. The summed E-state index contributed by atoms with van der Waals surface area (Å²) in [6.07, 6.45) is 1.77. The van der Waals surface area contributed by atoms with Crippen LogP contribution in [0.15, 0.2) is 30.5 Å². The first kappa shape index (κ1) is 16.4. The van der Waals surface area contributed by atoms with Gasteiger partial charge in [0.25, 0.3) is 0 Å². The van der Waals surface area contributed by atoms with Crippen LogP contribution in [-0.4, -0.2) is 63.9 Å². The highest BCUT2D eigenvalue weighted by Crippen LogP contribution is 2.13. The lowest BCUT2D eigenvalue weighted by molar-refractivity contribution is -0.133. The molecule has 1 aliphatic rings. The van der Waals surface area contributed by atoms with E-state index in [1.165, 1.54) is 0 Å². The number of nitrogens with zero attached hydrogens (tertiary/aromatic N) is 5. The molecule has 0 radical (unpaired) electrons. The molecule has 0 atom stereocenters. The van der Waals surface area contributed by atoms with Crippen LogP contribution >= 0.6 is 0 Å². The standard InChI is InChI=1S/C17H23N5O2/c1-14-4-3-5-16(10-14)24-13-15-11-22(19-18-15)12-17(23)21-8-6-20(2)7-9-21/h3-5,10-11H,6-9,12-13H2,1-2H3. The van der Waals surface area contributed by atoms with Gasteiger partial charge >= 0.3 is 0 Å². The van der Waals surface area contributed by atoms with Crippen LogP contribution in [0.3, 0.4) is 0 Å². The van der Waals surface area contributed by atoms with Crippen molar-refractivity contribution in [3.05, 3.63) is 41.7 Å². The van der Waals surface area contributed by atoms with Crippen LogP contribution in [0.1, 0.15) is 11.3 Å². The third-order valence-corrected chi connectivity index (χ3v) is 4.12. The van der Waals surface area contributed by atoms with Crippen molar-refractivity contribution < 1.29 is 9.53 Å². The molecule has 0 N–H and O–H groups in total. The van der Waals surface area contributed by atoms with E-state index in [1.807, 2.05) is 36.1 Å². The zero-order valence-electron chi connectivity index (χ0n) is 14.2. The quantitative estimate of drug-likeness (QED) is 0.817. The topological polar surface area (TPSA) is 63.5 Å². The first-order valence-electron chi connectivity index (χ1n) is 8.15. The molecule has 1 aliphatic heterocycles. The van der Waals surface area contributed by atoms with Crippen molar-refractivity contribution in [2.75, 3.05) is 33.2 Å². The summed E-state index contributed by atoms with van der Waals surface area (Å²) in [7, 11) is 2.07. The van der Waals surface area contributed by atoms with Crippen LogP contribution in [0.25, 0.3) is 0 Å². The monoisotopic (exact) mass is 329 g/mol. The predicted octanol–water partition coefficient (Wildman–Crippen LogP) is 0.940. The number of amides is 1. The molecule has 1 amide bonds. The van der Waals surface area contributed by atoms with Gasteiger partial charge in [-0.3, -0.25) is 4.79 Å². The maximum Gasteiger partial charge on any atom is 0.244 e. The second-order valence-corrected chi connectivity index (χ2v) is 6.20. The minimum atomic E-state index is 0.0825. The summed E-state index contributed by atoms with van der Waals surface area (Å²) in [4.78, 5) is 16.4. The van der Waals surface area contributed by atoms with Crippen molar-refractivity contribution >= 4 is 5.91 Å². The maximum absolute atomic E-state index is 12.3. The molecule has 1 aromatic carbocycles. The molecule has 2 heterocycles. The Hall–Kier alpha value is -2.41. The molecule has 7 nitrogen and oxygen atoms in total. The number of piperazine rings is 1. The zero-order chi connectivity index (χ0) is 16.9. The highest BCUT2D eigenvalue weighted by Gasteiger charge is 2.19. The fourth-order valence-corrected chi connectivity index (χ4v) is 2.64. The minimum Gasteiger partial charge on any atom is -0.487 e. The molecule has 128 valence electrons. The normalized spacial score (nSPS) is 15.5. The van der Waals surface area contributed by atoms with Crippen molar-refractivity contribution in [2.24, 2.45) is 0 Å². The van der Waals surface area contributed by atoms with E-state index in [0.717, 1.165) is 37.5 Å². The summed E-state index contributed by atoms with van der Waals surface area (Å²) in [6.45, 7) is 5.96. The molecule has 0 saturated carbocycles. The van der Waals surface area contributed by atoms with Crippen LogP contribution in [0, 0.1) is 6.92 Å². The number of carbonyl (C=O) groups excluding carboxylic acids is 1. The van der Waals surface area contributed by atoms with Gasteiger partial charge in [0.2, 0.25) is 5.91 Å². The molecule has 24 heavy (non-hydrogen) atoms. The number of rotatable bonds is 5. The third-order valence-electron chi connectivity index (χ3n) is 4.12. The van der Waals surface area contributed by atoms with E-state index in [2.05, 4.69) is 22.3 Å². The van der Waals surface area contributed by atoms with Crippen molar-refractivity contribution in [1.82, 2.24) is 24.8 Å². The lowest BCUT2D eigenvalue weighted by Crippen LogP contribution is -2.48. The number of ether oxygens (including phenoxy) is 1. The lowest BCUT2D eigenvalue weighted by Gasteiger charge is -2.32. The van der Waals surface area contributed by atoms with Gasteiger partial charge in [-0.2, -0.15) is 0 Å². The van der Waals surface area contributed by atoms with Crippen LogP contribution < -0.4 is 4.74 Å². The zero-order valence-corrected chi connectivity index (χ0v) is 14.2. The minimum absolute atomic E-state index is 0.0825. The summed E-state index contributed by atoms with van der Waals surface area (Å²) in [5, 5.41) is 8.10. The van der Waals surface area contributed by atoms with E-state index in [4.69, 9.17) is 4.74 Å². The Kier molecular flexibility index (Phi) is 5.10. The molecule has 1 aromatic heterocycles. The van der Waals surface area contributed by atoms with Gasteiger partial charge < -0.3 is 14.5 Å². The molecule has 0 aliphatic carbocycles. The highest BCUT2D eigenvalue weighted by molar-refractivity contribution is 5.76. The average molecular weight is 329 g/mol. The van der Waals surface area contributed by atoms with Gasteiger partial charge in [0, 0.05) is 26.2 Å². The van der Waals surface area contributed by atoms with Crippen molar-refractivity contribution in [3.63, 3.8) is 0 Å². The molecule has 7 heteroatoms. The molecule has 1 fully saturated rings. The Bertz CT molecular complexity index is 692. The lowest BCUT2D eigenvalue weighted by atomic mass is 10.2. The Morgan fingerprint density at radius 2 is 2.04 bits per heavy atom. The number of likely N-dealkylation sites (N-methyl/N-ethyl adjacent to an activating group) is 1. The largest absolute Gasteiger partial charge is 0.487 e. The Morgan fingerprint density at radius 1 is 1.25 bits per heavy atom. The maximum atomic E-state index is 12.3. The first-order chi connectivity index (χ1) is 11.6. The van der Waals surface area contributed by atoms with E-state index in [1.54, 1.807) is 10.9 Å². The number of benzene rings is 1. The molecule has 0 bridgehead atoms. The summed E-state index contributed by atoms with van der Waals surface area (Å²) < 4.78 is 7.28. The van der Waals surface area contributed by atoms with Crippen molar-refractivity contribution in [3.8, 4) is 5.75 Å². The molecule has 1 saturated heterocycles. The second-order valence-electron chi connectivity index (χ2n) is 6.20. The van der Waals surface area contributed by atoms with E-state index >= 15 is 0 Å². The van der Waals surface area contributed by atoms with Gasteiger partial charge in [0.1, 0.15) is 24.6 Å². The number of carbonyl (C=O) groups is 1. The smallest absolute Gasteiger partial charge is 0.244 e. The SMILES string of the molecule is Cc1cccc(OCc2cn(CC(=O)N3CCN(C)CC3)nn2)c1. The van der Waals surface area contributed by atoms with Crippen LogP contribution in [-0.2, 0) is 17.9 Å². The van der Waals surface area contributed by atoms with Gasteiger partial charge in [-0.05, 0) is 31.7 Å². The number of hydrogen-bond acceptors (Lipinski definition) is 5. The fourth-order valence-electron chi connectivity index (χ4n) is 2.64. The summed E-state index contributed by atoms with van der Waals surface area (Å²) in [6, 6.07) is 7.86. The summed E-state index contributed by atoms with van der Waals surface area (Å²) >= 11 is 0. The molecule has 0 unspecified atom stereocenters. The van der Waals surface area contributed by atoms with Gasteiger partial charge in [0.15, 0.2) is 0 Å². The van der Waals surface area contributed by atoms with Crippen LogP contribution in [0.2, 0.25) is 0 Å². The van der Waals surface area contributed by atoms with E-state index in [9.17, 15) is 4.79 Å². The Labute approximate surface area is 141 Å². The van der Waals surface area contributed by atoms with Crippen LogP contribution in [0.4, 0.5) is 0 Å². The molecular formula is C17H23N5O2. The number of aromatic nitrogens is 3. The summed E-state index contributed by atoms with van der Waals surface area (Å²) in [5.74, 6) is 0.886. The fraction of sp³-hybridized carbons (Fsp3) is 0.471. The summed E-state index contributed by atoms with van der Waals surface area (Å²) in [5.41, 5.74) is 1.86. The number of hydrogen-bond donors (Lipinski definition) is 0. The highest BCUT2D eigenvalue weighted by atomic mass is 16.5. The Morgan fingerprint density at radius 3 is 2.79 bits per heavy atom. The van der Waals surface area contributed by atoms with Gasteiger partial charge in [-0.1, -0.05) is 17.3 Å². The number of aryl methyl sites for hydroxylation is 1. The molecule has 0 spiro atoms. The molecule has 2 aromatic rings. The predicted molar refractivity (Wildman–Crippen MR) is 89.6 cm³/mol. The Balaban J connectivity index is 1.51. The van der Waals surface area contributed by atoms with Gasteiger partial charge in [0.05, 0.1) is 6.20 Å². The van der Waals surface area contributed by atoms with E-state index in [-0.39, 0.29) is 12.5 Å². The average Bonchev–Trinajstić information content (AvgIpc) is 3.01. The molecular weight excluding hydrogens is 306 g/mol. The third kappa shape index (κ3) is 4.32. The van der Waals surface area contributed by atoms with Crippen LogP contribution in [0.5, 0.6) is 5.75 Å². The van der Waals surface area contributed by atoms with E-state index in [0.29, 0.717) is 12.3 Å².